The van der Waals surface area contributed by atoms with E-state index < -0.39 is 0 Å². The molecule has 0 saturated carbocycles. The van der Waals surface area contributed by atoms with Gasteiger partial charge in [-0.1, -0.05) is 18.9 Å². The zero-order chi connectivity index (χ0) is 22.2. The molecule has 2 aliphatic heterocycles. The summed E-state index contributed by atoms with van der Waals surface area (Å²) in [6.07, 6.45) is 6.33. The quantitative estimate of drug-likeness (QED) is 0.613. The van der Waals surface area contributed by atoms with Gasteiger partial charge in [-0.3, -0.25) is 24.2 Å². The van der Waals surface area contributed by atoms with Crippen molar-refractivity contribution in [3.8, 4) is 11.5 Å². The van der Waals surface area contributed by atoms with E-state index in [0.29, 0.717) is 22.9 Å². The number of likely N-dealkylation sites (tertiary alicyclic amines) is 1. The number of rotatable bonds is 8. The van der Waals surface area contributed by atoms with Gasteiger partial charge in [0, 0.05) is 13.1 Å². The predicted molar refractivity (Wildman–Crippen MR) is 120 cm³/mol. The molecule has 168 valence electrons. The number of methoxy groups -OCH3 is 2. The Morgan fingerprint density at radius 2 is 1.81 bits per heavy atom. The molecule has 0 radical (unpaired) electrons. The Kier molecular flexibility index (Phi) is 8.36. The van der Waals surface area contributed by atoms with Gasteiger partial charge in [0.25, 0.3) is 11.1 Å². The van der Waals surface area contributed by atoms with Crippen LogP contribution in [0.2, 0.25) is 0 Å². The topological polar surface area (TPSA) is 88.2 Å². The molecule has 2 saturated heterocycles. The lowest BCUT2D eigenvalue weighted by molar-refractivity contribution is -0.124. The van der Waals surface area contributed by atoms with Crippen LogP contribution in [0.15, 0.2) is 23.1 Å². The van der Waals surface area contributed by atoms with E-state index in [4.69, 9.17) is 9.47 Å². The fraction of sp³-hybridized carbons (Fsp3) is 0.500. The van der Waals surface area contributed by atoms with Crippen LogP contribution in [0.5, 0.6) is 11.5 Å². The van der Waals surface area contributed by atoms with E-state index in [9.17, 15) is 14.4 Å². The van der Waals surface area contributed by atoms with E-state index in [1.54, 1.807) is 31.4 Å². The van der Waals surface area contributed by atoms with Gasteiger partial charge in [-0.15, -0.1) is 0 Å². The average Bonchev–Trinajstić information content (AvgIpc) is 2.93. The third kappa shape index (κ3) is 6.24. The van der Waals surface area contributed by atoms with Crippen molar-refractivity contribution >= 4 is 34.9 Å². The van der Waals surface area contributed by atoms with Gasteiger partial charge < -0.3 is 14.8 Å². The van der Waals surface area contributed by atoms with Crippen LogP contribution in [0.3, 0.4) is 0 Å². The van der Waals surface area contributed by atoms with Gasteiger partial charge in [-0.05, 0) is 61.5 Å². The molecular weight excluding hydrogens is 418 g/mol. The molecule has 2 heterocycles. The molecule has 0 spiro atoms. The number of carbonyl (C=O) groups is 3. The van der Waals surface area contributed by atoms with Gasteiger partial charge in [0.2, 0.25) is 5.91 Å². The summed E-state index contributed by atoms with van der Waals surface area (Å²) in [5.41, 5.74) is 0.730. The van der Waals surface area contributed by atoms with Crippen molar-refractivity contribution in [3.05, 3.63) is 28.7 Å². The highest BCUT2D eigenvalue weighted by molar-refractivity contribution is 8.18. The van der Waals surface area contributed by atoms with E-state index in [-0.39, 0.29) is 30.1 Å². The van der Waals surface area contributed by atoms with Crippen LogP contribution < -0.4 is 14.8 Å². The van der Waals surface area contributed by atoms with Crippen LogP contribution in [0.25, 0.3) is 6.08 Å². The van der Waals surface area contributed by atoms with E-state index in [0.717, 1.165) is 43.3 Å². The van der Waals surface area contributed by atoms with Crippen molar-refractivity contribution in [1.29, 1.82) is 0 Å². The number of amides is 3. The minimum absolute atomic E-state index is 0.0743. The second-order valence-electron chi connectivity index (χ2n) is 7.49. The Morgan fingerprint density at radius 1 is 1.10 bits per heavy atom. The van der Waals surface area contributed by atoms with E-state index in [1.807, 2.05) is 0 Å². The monoisotopic (exact) mass is 447 g/mol. The van der Waals surface area contributed by atoms with Crippen LogP contribution in [-0.2, 0) is 9.59 Å². The Hall–Kier alpha value is -2.52. The van der Waals surface area contributed by atoms with Crippen molar-refractivity contribution in [3.63, 3.8) is 0 Å². The van der Waals surface area contributed by atoms with Crippen molar-refractivity contribution in [2.75, 3.05) is 46.9 Å². The molecule has 8 nitrogen and oxygen atoms in total. The lowest BCUT2D eigenvalue weighted by atomic mass is 10.2. The summed E-state index contributed by atoms with van der Waals surface area (Å²) in [4.78, 5) is 40.8. The van der Waals surface area contributed by atoms with Crippen LogP contribution in [-0.4, -0.2) is 73.8 Å². The van der Waals surface area contributed by atoms with Gasteiger partial charge in [-0.2, -0.15) is 0 Å². The summed E-state index contributed by atoms with van der Waals surface area (Å²) in [5.74, 6) is 0.701. The van der Waals surface area contributed by atoms with Gasteiger partial charge in [0.15, 0.2) is 11.5 Å². The Morgan fingerprint density at radius 3 is 2.48 bits per heavy atom. The molecule has 3 amide bonds. The standard InChI is InChI=1S/C22H29N3O5S/c1-29-17-8-7-16(13-18(17)30-2)14-19-21(27)25(22(28)31-19)12-9-23-20(26)15-24-10-5-3-4-6-11-24/h7-8,13-14H,3-6,9-12,15H2,1-2H3,(H,23,26). The highest BCUT2D eigenvalue weighted by Gasteiger charge is 2.34. The summed E-state index contributed by atoms with van der Waals surface area (Å²) in [5, 5.41) is 2.49. The molecule has 0 aromatic heterocycles. The van der Waals surface area contributed by atoms with Crippen molar-refractivity contribution < 1.29 is 23.9 Å². The van der Waals surface area contributed by atoms with Crippen molar-refractivity contribution in [1.82, 2.24) is 15.1 Å². The number of thioether (sulfide) groups is 1. The largest absolute Gasteiger partial charge is 0.493 e. The number of benzene rings is 1. The molecular formula is C22H29N3O5S. The Balaban J connectivity index is 1.53. The van der Waals surface area contributed by atoms with Crippen molar-refractivity contribution in [2.45, 2.75) is 25.7 Å². The maximum absolute atomic E-state index is 12.7. The van der Waals surface area contributed by atoms with E-state index >= 15 is 0 Å². The lowest BCUT2D eigenvalue weighted by Crippen LogP contribution is -2.41. The molecule has 3 rings (SSSR count). The number of ether oxygens (including phenoxy) is 2. The summed E-state index contributed by atoms with van der Waals surface area (Å²) >= 11 is 0.895. The minimum Gasteiger partial charge on any atom is -0.493 e. The number of nitrogens with one attached hydrogen (secondary N) is 1. The van der Waals surface area contributed by atoms with Gasteiger partial charge in [0.05, 0.1) is 25.7 Å². The number of imide groups is 1. The second kappa shape index (κ2) is 11.2. The first kappa shape index (κ1) is 23.1. The fourth-order valence-electron chi connectivity index (χ4n) is 3.65. The Labute approximate surface area is 186 Å². The maximum atomic E-state index is 12.7. The first-order valence-electron chi connectivity index (χ1n) is 10.5. The fourth-order valence-corrected chi connectivity index (χ4v) is 4.51. The molecule has 2 fully saturated rings. The van der Waals surface area contributed by atoms with Crippen LogP contribution >= 0.6 is 11.8 Å². The number of hydrogen-bond acceptors (Lipinski definition) is 7. The molecule has 1 N–H and O–H groups in total. The van der Waals surface area contributed by atoms with Gasteiger partial charge >= 0.3 is 0 Å². The summed E-state index contributed by atoms with van der Waals surface area (Å²) in [6, 6.07) is 5.28. The summed E-state index contributed by atoms with van der Waals surface area (Å²) in [7, 11) is 3.09. The van der Waals surface area contributed by atoms with Gasteiger partial charge in [-0.25, -0.2) is 0 Å². The van der Waals surface area contributed by atoms with E-state index in [2.05, 4.69) is 10.2 Å². The van der Waals surface area contributed by atoms with Crippen LogP contribution in [0.1, 0.15) is 31.2 Å². The second-order valence-corrected chi connectivity index (χ2v) is 8.48. The molecule has 0 bridgehead atoms. The molecule has 31 heavy (non-hydrogen) atoms. The van der Waals surface area contributed by atoms with Gasteiger partial charge in [0.1, 0.15) is 0 Å². The number of nitrogens with zero attached hydrogens (tertiary/aromatic N) is 2. The first-order valence-corrected chi connectivity index (χ1v) is 11.3. The highest BCUT2D eigenvalue weighted by Crippen LogP contribution is 2.34. The molecule has 0 unspecified atom stereocenters. The predicted octanol–water partition coefficient (Wildman–Crippen LogP) is 2.73. The normalized spacial score (nSPS) is 18.9. The highest BCUT2D eigenvalue weighted by atomic mass is 32.2. The Bertz CT molecular complexity index is 850. The third-order valence-electron chi connectivity index (χ3n) is 5.30. The number of hydrogen-bond donors (Lipinski definition) is 1. The molecule has 1 aromatic carbocycles. The lowest BCUT2D eigenvalue weighted by Gasteiger charge is -2.19. The minimum atomic E-state index is -0.355. The van der Waals surface area contributed by atoms with Crippen LogP contribution in [0.4, 0.5) is 4.79 Å². The van der Waals surface area contributed by atoms with Crippen molar-refractivity contribution in [2.24, 2.45) is 0 Å². The van der Waals surface area contributed by atoms with Crippen LogP contribution in [0, 0.1) is 0 Å². The molecule has 9 heteroatoms. The third-order valence-corrected chi connectivity index (χ3v) is 6.21. The first-order chi connectivity index (χ1) is 15.0. The summed E-state index contributed by atoms with van der Waals surface area (Å²) in [6.45, 7) is 2.64. The molecule has 2 aliphatic rings. The zero-order valence-electron chi connectivity index (χ0n) is 18.0. The number of carbonyl (C=O) groups excluding carboxylic acids is 3. The smallest absolute Gasteiger partial charge is 0.293 e. The van der Waals surface area contributed by atoms with E-state index in [1.165, 1.54) is 24.9 Å². The molecule has 1 aromatic rings. The molecule has 0 atom stereocenters. The SMILES string of the molecule is COc1ccc(C=C2SC(=O)N(CCNC(=O)CN3CCCCCC3)C2=O)cc1OC. The average molecular weight is 448 g/mol. The zero-order valence-corrected chi connectivity index (χ0v) is 18.8. The maximum Gasteiger partial charge on any atom is 0.293 e. The summed E-state index contributed by atoms with van der Waals surface area (Å²) < 4.78 is 10.5. The molecule has 0 aliphatic carbocycles.